The lowest BCUT2D eigenvalue weighted by Crippen LogP contribution is -2.44. The van der Waals surface area contributed by atoms with Crippen LogP contribution in [0.15, 0.2) is 23.7 Å². The van der Waals surface area contributed by atoms with E-state index in [9.17, 15) is 19.5 Å². The van der Waals surface area contributed by atoms with Gasteiger partial charge in [0.15, 0.2) is 0 Å². The number of carbonyl (C=O) groups excluding carboxylic acids is 2. The van der Waals surface area contributed by atoms with Crippen LogP contribution in [0.4, 0.5) is 4.79 Å². The van der Waals surface area contributed by atoms with Crippen molar-refractivity contribution in [3.63, 3.8) is 0 Å². The van der Waals surface area contributed by atoms with Gasteiger partial charge in [0.2, 0.25) is 5.91 Å². The molecule has 2 heterocycles. The summed E-state index contributed by atoms with van der Waals surface area (Å²) in [5, 5.41) is 13.9. The summed E-state index contributed by atoms with van der Waals surface area (Å²) in [4.78, 5) is 42.8. The molecule has 4 N–H and O–H groups in total. The van der Waals surface area contributed by atoms with Gasteiger partial charge in [-0.3, -0.25) is 9.78 Å². The van der Waals surface area contributed by atoms with Crippen molar-refractivity contribution >= 4 is 29.3 Å². The third-order valence-electron chi connectivity index (χ3n) is 3.23. The Morgan fingerprint density at radius 1 is 1.30 bits per heavy atom. The van der Waals surface area contributed by atoms with E-state index >= 15 is 0 Å². The van der Waals surface area contributed by atoms with E-state index in [0.29, 0.717) is 16.4 Å². The Kier molecular flexibility index (Phi) is 6.11. The van der Waals surface area contributed by atoms with Gasteiger partial charge in [0.1, 0.15) is 11.6 Å². The number of hydrogen-bond acceptors (Lipinski definition) is 7. The predicted molar refractivity (Wildman–Crippen MR) is 98.4 cm³/mol. The van der Waals surface area contributed by atoms with E-state index in [1.54, 1.807) is 32.2 Å². The molecule has 0 aliphatic heterocycles. The van der Waals surface area contributed by atoms with Crippen LogP contribution >= 0.6 is 11.3 Å². The normalized spacial score (nSPS) is 12.3. The van der Waals surface area contributed by atoms with Crippen LogP contribution in [0, 0.1) is 0 Å². The number of alkyl carbamates (subject to hydrolysis) is 1. The minimum atomic E-state index is -1.19. The van der Waals surface area contributed by atoms with Crippen molar-refractivity contribution in [1.82, 2.24) is 15.3 Å². The highest BCUT2D eigenvalue weighted by Crippen LogP contribution is 2.21. The molecule has 0 bridgehead atoms. The topological polar surface area (TPSA) is 144 Å². The maximum Gasteiger partial charge on any atom is 0.408 e. The number of nitrogens with one attached hydrogen (secondary N) is 1. The second-order valence-corrected chi connectivity index (χ2v) is 7.61. The number of aliphatic carboxylic acids is 1. The first kappa shape index (κ1) is 20.3. The Labute approximate surface area is 159 Å². The average molecular weight is 392 g/mol. The number of pyridine rings is 1. The fourth-order valence-electron chi connectivity index (χ4n) is 2.04. The summed E-state index contributed by atoms with van der Waals surface area (Å²) >= 11 is 1.24. The molecule has 0 fully saturated rings. The number of carbonyl (C=O) groups is 3. The number of nitrogens with two attached hydrogens (primary N) is 1. The lowest BCUT2D eigenvalue weighted by atomic mass is 10.2. The second-order valence-electron chi connectivity index (χ2n) is 6.66. The van der Waals surface area contributed by atoms with Gasteiger partial charge in [-0.05, 0) is 32.9 Å². The fraction of sp³-hybridized carbons (Fsp3) is 0.353. The first-order valence-corrected chi connectivity index (χ1v) is 8.86. The maximum atomic E-state index is 11.8. The van der Waals surface area contributed by atoms with E-state index in [4.69, 9.17) is 10.5 Å². The van der Waals surface area contributed by atoms with E-state index in [2.05, 4.69) is 15.3 Å². The number of nitrogens with zero attached hydrogens (tertiary/aromatic N) is 2. The van der Waals surface area contributed by atoms with Crippen molar-refractivity contribution in [3.8, 4) is 11.4 Å². The van der Waals surface area contributed by atoms with Gasteiger partial charge < -0.3 is 20.9 Å². The highest BCUT2D eigenvalue weighted by Gasteiger charge is 2.25. The zero-order valence-corrected chi connectivity index (χ0v) is 15.9. The number of hydrogen-bond donors (Lipinski definition) is 3. The van der Waals surface area contributed by atoms with Gasteiger partial charge in [0.25, 0.3) is 0 Å². The highest BCUT2D eigenvalue weighted by atomic mass is 32.1. The van der Waals surface area contributed by atoms with E-state index in [-0.39, 0.29) is 12.0 Å². The van der Waals surface area contributed by atoms with Crippen LogP contribution < -0.4 is 11.1 Å². The summed E-state index contributed by atoms with van der Waals surface area (Å²) in [7, 11) is 0. The molecule has 1 unspecified atom stereocenters. The van der Waals surface area contributed by atoms with E-state index in [1.807, 2.05) is 0 Å². The van der Waals surface area contributed by atoms with Crippen molar-refractivity contribution in [3.05, 3.63) is 34.3 Å². The summed E-state index contributed by atoms with van der Waals surface area (Å²) in [5.41, 5.74) is 5.78. The van der Waals surface area contributed by atoms with Crippen molar-refractivity contribution in [2.75, 3.05) is 0 Å². The maximum absolute atomic E-state index is 11.8. The van der Waals surface area contributed by atoms with Crippen LogP contribution in [0.5, 0.6) is 0 Å². The Morgan fingerprint density at radius 3 is 2.52 bits per heavy atom. The largest absolute Gasteiger partial charge is 0.480 e. The predicted octanol–water partition coefficient (Wildman–Crippen LogP) is 1.82. The highest BCUT2D eigenvalue weighted by molar-refractivity contribution is 7.10. The molecular formula is C17H20N4O5S. The molecule has 0 saturated heterocycles. The number of amides is 2. The molecule has 0 aliphatic rings. The van der Waals surface area contributed by atoms with Crippen molar-refractivity contribution in [2.24, 2.45) is 5.73 Å². The van der Waals surface area contributed by atoms with Crippen LogP contribution in [0.1, 0.15) is 36.1 Å². The molecule has 144 valence electrons. The van der Waals surface area contributed by atoms with Crippen LogP contribution in [0.25, 0.3) is 11.4 Å². The van der Waals surface area contributed by atoms with E-state index < -0.39 is 29.6 Å². The quantitative estimate of drug-likeness (QED) is 0.680. The number of primary amides is 1. The van der Waals surface area contributed by atoms with E-state index in [0.717, 1.165) is 0 Å². The first-order chi connectivity index (χ1) is 12.5. The zero-order valence-electron chi connectivity index (χ0n) is 15.1. The summed E-state index contributed by atoms with van der Waals surface area (Å²) in [6.45, 7) is 5.06. The third-order valence-corrected chi connectivity index (χ3v) is 4.10. The van der Waals surface area contributed by atoms with Crippen LogP contribution in [0.2, 0.25) is 0 Å². The Balaban J connectivity index is 2.08. The smallest absolute Gasteiger partial charge is 0.408 e. The molecule has 9 nitrogen and oxygen atoms in total. The van der Waals surface area contributed by atoms with Crippen LogP contribution in [0.3, 0.4) is 0 Å². The lowest BCUT2D eigenvalue weighted by Gasteiger charge is -2.21. The summed E-state index contributed by atoms with van der Waals surface area (Å²) < 4.78 is 5.08. The number of ether oxygens (including phenoxy) is 1. The molecule has 2 aromatic heterocycles. The fourth-order valence-corrected chi connectivity index (χ4v) is 2.87. The van der Waals surface area contributed by atoms with E-state index in [1.165, 1.54) is 23.6 Å². The number of carboxylic acid groups (broad SMARTS) is 1. The molecule has 27 heavy (non-hydrogen) atoms. The molecule has 2 amide bonds. The Bertz CT molecular complexity index is 842. The van der Waals surface area contributed by atoms with Gasteiger partial charge >= 0.3 is 12.1 Å². The number of carboxylic acids is 1. The molecule has 0 spiro atoms. The van der Waals surface area contributed by atoms with Crippen LogP contribution in [-0.2, 0) is 16.0 Å². The molecule has 0 aliphatic carbocycles. The van der Waals surface area contributed by atoms with Crippen molar-refractivity contribution < 1.29 is 24.2 Å². The van der Waals surface area contributed by atoms with Gasteiger partial charge in [-0.15, -0.1) is 11.3 Å². The SMILES string of the molecule is CC(C)(C)OC(=O)NC(Cc1nc(-c2ccc(C(N)=O)cn2)cs1)C(=O)O. The van der Waals surface area contributed by atoms with Gasteiger partial charge in [-0.1, -0.05) is 0 Å². The molecule has 1 atom stereocenters. The van der Waals surface area contributed by atoms with Gasteiger partial charge in [-0.2, -0.15) is 0 Å². The molecular weight excluding hydrogens is 372 g/mol. The molecule has 0 saturated carbocycles. The molecule has 2 rings (SSSR count). The van der Waals surface area contributed by atoms with Crippen LogP contribution in [-0.4, -0.2) is 44.7 Å². The second kappa shape index (κ2) is 8.12. The molecule has 0 radical (unpaired) electrons. The van der Waals surface area contributed by atoms with Gasteiger partial charge in [0.05, 0.1) is 22.0 Å². The van der Waals surface area contributed by atoms with Crippen molar-refractivity contribution in [2.45, 2.75) is 38.8 Å². The monoisotopic (exact) mass is 392 g/mol. The lowest BCUT2D eigenvalue weighted by molar-refractivity contribution is -0.139. The summed E-state index contributed by atoms with van der Waals surface area (Å²) in [5.74, 6) is -1.77. The summed E-state index contributed by atoms with van der Waals surface area (Å²) in [6, 6.07) is 1.96. The Morgan fingerprint density at radius 2 is 2.00 bits per heavy atom. The zero-order chi connectivity index (χ0) is 20.2. The standard InChI is InChI=1S/C17H20N4O5S/c1-17(2,3)26-16(25)21-11(15(23)24)6-13-20-12(8-27-13)10-5-4-9(7-19-10)14(18)22/h4-5,7-8,11H,6H2,1-3H3,(H2,18,22)(H,21,25)(H,23,24). The minimum Gasteiger partial charge on any atom is -0.480 e. The third kappa shape index (κ3) is 6.03. The molecule has 10 heteroatoms. The molecule has 0 aromatic carbocycles. The first-order valence-electron chi connectivity index (χ1n) is 7.98. The number of thiazole rings is 1. The van der Waals surface area contributed by atoms with Gasteiger partial charge in [0, 0.05) is 18.0 Å². The van der Waals surface area contributed by atoms with Gasteiger partial charge in [-0.25, -0.2) is 14.6 Å². The average Bonchev–Trinajstić information content (AvgIpc) is 3.01. The number of aromatic nitrogens is 2. The van der Waals surface area contributed by atoms with Crippen molar-refractivity contribution in [1.29, 1.82) is 0 Å². The molecule has 2 aromatic rings. The number of rotatable bonds is 6. The minimum absolute atomic E-state index is 0.00138. The Hall–Kier alpha value is -3.01. The summed E-state index contributed by atoms with van der Waals surface area (Å²) in [6.07, 6.45) is 0.537.